The second-order valence-corrected chi connectivity index (χ2v) is 8.71. The van der Waals surface area contributed by atoms with Gasteiger partial charge in [0.1, 0.15) is 16.6 Å². The van der Waals surface area contributed by atoms with E-state index in [0.29, 0.717) is 25.1 Å². The van der Waals surface area contributed by atoms with E-state index in [1.165, 1.54) is 0 Å². The molecule has 3 heterocycles. The molecule has 1 aromatic heterocycles. The Hall–Kier alpha value is -2.03. The number of carbonyl (C=O) groups is 1. The molecule has 8 heteroatoms. The number of nitrogens with zero attached hydrogens (tertiary/aromatic N) is 4. The van der Waals surface area contributed by atoms with Gasteiger partial charge in [-0.2, -0.15) is 5.06 Å². The predicted octanol–water partition coefficient (Wildman–Crippen LogP) is 2.82. The minimum Gasteiger partial charge on any atom is -0.328 e. The van der Waals surface area contributed by atoms with E-state index >= 15 is 0 Å². The van der Waals surface area contributed by atoms with Gasteiger partial charge in [0.25, 0.3) is 0 Å². The topological polar surface area (TPSA) is 84.6 Å². The van der Waals surface area contributed by atoms with Crippen molar-refractivity contribution in [2.75, 3.05) is 6.54 Å². The third-order valence-electron chi connectivity index (χ3n) is 5.80. The van der Waals surface area contributed by atoms with E-state index in [-0.39, 0.29) is 18.1 Å². The number of hydrogen-bond acceptors (Lipinski definition) is 6. The summed E-state index contributed by atoms with van der Waals surface area (Å²) in [6.07, 6.45) is 3.81. The third-order valence-corrected chi connectivity index (χ3v) is 6.99. The van der Waals surface area contributed by atoms with E-state index in [1.54, 1.807) is 16.4 Å². The Morgan fingerprint density at radius 3 is 2.70 bits per heavy atom. The number of piperidine rings is 1. The lowest BCUT2D eigenvalue weighted by molar-refractivity contribution is -0.140. The van der Waals surface area contributed by atoms with Crippen LogP contribution in [0.2, 0.25) is 0 Å². The number of carbonyl (C=O) groups excluding carboxylic acids is 1. The quantitative estimate of drug-likeness (QED) is 0.855. The fraction of sp³-hybridized carbons (Fsp3) is 0.526. The van der Waals surface area contributed by atoms with Crippen LogP contribution in [0.4, 0.5) is 4.79 Å². The number of amides is 2. The van der Waals surface area contributed by atoms with Gasteiger partial charge in [-0.3, -0.25) is 4.84 Å². The number of hydrogen-bond donors (Lipinski definition) is 1. The maximum atomic E-state index is 12.9. The summed E-state index contributed by atoms with van der Waals surface area (Å²) in [4.78, 5) is 20.7. The molecule has 0 spiro atoms. The number of fused-ring (bicyclic) bond motifs is 2. The number of nitrogens with two attached hydrogens (primary N) is 1. The first-order valence-electron chi connectivity index (χ1n) is 9.54. The van der Waals surface area contributed by atoms with Crippen LogP contribution < -0.4 is 5.73 Å². The molecule has 2 atom stereocenters. The number of aromatic nitrogens is 2. The molecule has 7 nitrogen and oxygen atoms in total. The minimum atomic E-state index is -0.0548. The van der Waals surface area contributed by atoms with Crippen LogP contribution in [-0.4, -0.2) is 44.8 Å². The van der Waals surface area contributed by atoms with Crippen molar-refractivity contribution in [3.63, 3.8) is 0 Å². The summed E-state index contributed by atoms with van der Waals surface area (Å²) in [5.74, 6) is 0.447. The summed E-state index contributed by atoms with van der Waals surface area (Å²) in [6, 6.07) is 10.3. The Bertz CT molecular complexity index is 823. The van der Waals surface area contributed by atoms with Crippen LogP contribution in [0.3, 0.4) is 0 Å². The second-order valence-electron chi connectivity index (χ2n) is 7.67. The smallest absolute Gasteiger partial charge is 0.328 e. The molecule has 1 aliphatic carbocycles. The summed E-state index contributed by atoms with van der Waals surface area (Å²) < 4.78 is 0. The lowest BCUT2D eigenvalue weighted by atomic mass is 9.81. The zero-order chi connectivity index (χ0) is 18.4. The van der Waals surface area contributed by atoms with E-state index in [1.807, 2.05) is 35.2 Å². The van der Waals surface area contributed by atoms with Gasteiger partial charge in [0, 0.05) is 18.5 Å². The summed E-state index contributed by atoms with van der Waals surface area (Å²) in [5, 5.41) is 12.4. The normalized spacial score (nSPS) is 29.9. The molecule has 0 unspecified atom stereocenters. The van der Waals surface area contributed by atoms with Crippen molar-refractivity contribution in [2.45, 2.75) is 56.3 Å². The van der Waals surface area contributed by atoms with E-state index in [4.69, 9.17) is 10.6 Å². The highest BCUT2D eigenvalue weighted by Crippen LogP contribution is 2.42. The molecule has 1 aromatic carbocycles. The van der Waals surface area contributed by atoms with Gasteiger partial charge < -0.3 is 10.6 Å². The number of rotatable bonds is 5. The molecule has 142 valence electrons. The average Bonchev–Trinajstić information content (AvgIpc) is 3.23. The van der Waals surface area contributed by atoms with Gasteiger partial charge in [-0.25, -0.2) is 4.79 Å². The first-order chi connectivity index (χ1) is 13.2. The fourth-order valence-corrected chi connectivity index (χ4v) is 5.30. The van der Waals surface area contributed by atoms with E-state index < -0.39 is 0 Å². The number of benzene rings is 1. The molecule has 2 aliphatic heterocycles. The molecule has 2 bridgehead atoms. The van der Waals surface area contributed by atoms with Gasteiger partial charge >= 0.3 is 6.03 Å². The van der Waals surface area contributed by atoms with Gasteiger partial charge in [-0.05, 0) is 31.2 Å². The van der Waals surface area contributed by atoms with Crippen molar-refractivity contribution in [3.8, 4) is 0 Å². The molecule has 2 amide bonds. The molecule has 2 aromatic rings. The van der Waals surface area contributed by atoms with Gasteiger partial charge in [-0.15, -0.1) is 10.2 Å². The van der Waals surface area contributed by atoms with Crippen molar-refractivity contribution in [1.82, 2.24) is 20.2 Å². The zero-order valence-corrected chi connectivity index (χ0v) is 15.8. The lowest BCUT2D eigenvalue weighted by Crippen LogP contribution is -2.34. The van der Waals surface area contributed by atoms with Crippen LogP contribution >= 0.6 is 11.3 Å². The summed E-state index contributed by atoms with van der Waals surface area (Å²) in [6.45, 7) is 1.11. The summed E-state index contributed by atoms with van der Waals surface area (Å²) >= 11 is 1.65. The molecular formula is C19H23N5O2S. The van der Waals surface area contributed by atoms with Crippen LogP contribution in [0, 0.1) is 0 Å². The number of hydroxylamine groups is 2. The van der Waals surface area contributed by atoms with Gasteiger partial charge in [0.15, 0.2) is 0 Å². The van der Waals surface area contributed by atoms with Crippen molar-refractivity contribution >= 4 is 17.4 Å². The maximum Gasteiger partial charge on any atom is 0.344 e. The van der Waals surface area contributed by atoms with Crippen molar-refractivity contribution in [2.24, 2.45) is 5.73 Å². The molecule has 2 N–H and O–H groups in total. The Labute approximate surface area is 162 Å². The standard InChI is InChI=1S/C19H23N5O2S/c20-14-8-13(9-14)17-21-22-18(27-17)16-7-6-15-10-23(16)19(25)24(15)26-11-12-4-2-1-3-5-12/h1-5,13-16H,6-11,20H2/t13-,14+,15-,16+/m1/s1. The molecular weight excluding hydrogens is 362 g/mol. The first kappa shape index (κ1) is 17.1. The van der Waals surface area contributed by atoms with Crippen LogP contribution in [0.25, 0.3) is 0 Å². The maximum absolute atomic E-state index is 12.9. The molecule has 27 heavy (non-hydrogen) atoms. The van der Waals surface area contributed by atoms with Crippen LogP contribution in [0.1, 0.15) is 53.2 Å². The lowest BCUT2D eigenvalue weighted by Gasteiger charge is -2.30. The average molecular weight is 385 g/mol. The van der Waals surface area contributed by atoms with Crippen molar-refractivity contribution in [1.29, 1.82) is 0 Å². The van der Waals surface area contributed by atoms with E-state index in [0.717, 1.165) is 41.3 Å². The minimum absolute atomic E-state index is 0.0130. The third kappa shape index (κ3) is 3.11. The van der Waals surface area contributed by atoms with Gasteiger partial charge in [-0.1, -0.05) is 41.7 Å². The molecule has 2 saturated heterocycles. The van der Waals surface area contributed by atoms with Crippen LogP contribution in [-0.2, 0) is 11.4 Å². The Morgan fingerprint density at radius 2 is 1.93 bits per heavy atom. The highest BCUT2D eigenvalue weighted by Gasteiger charge is 2.47. The highest BCUT2D eigenvalue weighted by atomic mass is 32.1. The largest absolute Gasteiger partial charge is 0.344 e. The molecule has 3 aliphatic rings. The molecule has 0 radical (unpaired) electrons. The SMILES string of the molecule is N[C@H]1C[C@@H](c2nnc([C@@H]3CC[C@@H]4CN3C(=O)N4OCc3ccccc3)s2)C1. The fourth-order valence-electron chi connectivity index (χ4n) is 4.18. The monoisotopic (exact) mass is 385 g/mol. The van der Waals surface area contributed by atoms with E-state index in [2.05, 4.69) is 10.2 Å². The molecule has 5 rings (SSSR count). The second kappa shape index (κ2) is 6.85. The molecule has 1 saturated carbocycles. The summed E-state index contributed by atoms with van der Waals surface area (Å²) in [5.41, 5.74) is 6.95. The van der Waals surface area contributed by atoms with Crippen LogP contribution in [0.5, 0.6) is 0 Å². The Kier molecular flexibility index (Phi) is 4.34. The molecule has 3 fully saturated rings. The first-order valence-corrected chi connectivity index (χ1v) is 10.4. The Balaban J connectivity index is 1.26. The predicted molar refractivity (Wildman–Crippen MR) is 101 cm³/mol. The van der Waals surface area contributed by atoms with Gasteiger partial charge in [0.05, 0.1) is 12.1 Å². The van der Waals surface area contributed by atoms with Crippen LogP contribution in [0.15, 0.2) is 30.3 Å². The van der Waals surface area contributed by atoms with Crippen molar-refractivity contribution in [3.05, 3.63) is 45.9 Å². The van der Waals surface area contributed by atoms with Gasteiger partial charge in [0.2, 0.25) is 0 Å². The zero-order valence-electron chi connectivity index (χ0n) is 15.0. The Morgan fingerprint density at radius 1 is 1.15 bits per heavy atom. The summed E-state index contributed by atoms with van der Waals surface area (Å²) in [7, 11) is 0. The van der Waals surface area contributed by atoms with E-state index in [9.17, 15) is 4.79 Å². The number of urea groups is 1. The van der Waals surface area contributed by atoms with Crippen molar-refractivity contribution < 1.29 is 9.63 Å². The highest BCUT2D eigenvalue weighted by molar-refractivity contribution is 7.11.